The number of imide groups is 1. The van der Waals surface area contributed by atoms with Crippen molar-refractivity contribution in [2.75, 3.05) is 0 Å². The summed E-state index contributed by atoms with van der Waals surface area (Å²) in [6.07, 6.45) is 3.76. The molecule has 0 aliphatic carbocycles. The van der Waals surface area contributed by atoms with Crippen LogP contribution in [0.15, 0.2) is 24.5 Å². The van der Waals surface area contributed by atoms with Gasteiger partial charge in [0.25, 0.3) is 11.8 Å². The van der Waals surface area contributed by atoms with Crippen molar-refractivity contribution in [1.82, 2.24) is 14.6 Å². The van der Waals surface area contributed by atoms with Crippen LogP contribution in [0.1, 0.15) is 28.2 Å². The summed E-state index contributed by atoms with van der Waals surface area (Å²) in [6, 6.07) is 3.69. The third kappa shape index (κ3) is 2.45. The lowest BCUT2D eigenvalue weighted by atomic mass is 10.4. The Hall–Kier alpha value is -2.48. The summed E-state index contributed by atoms with van der Waals surface area (Å²) in [5, 5.41) is 1.15. The number of hydroxylamine groups is 2. The molecule has 0 saturated carbocycles. The molecule has 21 heavy (non-hydrogen) atoms. The molecule has 1 fully saturated rings. The standard InChI is InChI=1S/C13H11N3O4S/c1-8-11(21-13(14-8)15-6-2-3-7-15)12(19)20-16-9(17)4-5-10(16)18/h2-3,6-7H,4-5H2,1H3. The number of rotatable bonds is 3. The van der Waals surface area contributed by atoms with E-state index in [4.69, 9.17) is 4.84 Å². The Morgan fingerprint density at radius 1 is 1.24 bits per heavy atom. The van der Waals surface area contributed by atoms with E-state index >= 15 is 0 Å². The number of nitrogens with zero attached hydrogens (tertiary/aromatic N) is 3. The molecule has 3 rings (SSSR count). The molecule has 0 radical (unpaired) electrons. The molecule has 1 aliphatic heterocycles. The van der Waals surface area contributed by atoms with Crippen molar-refractivity contribution in [3.05, 3.63) is 35.1 Å². The highest BCUT2D eigenvalue weighted by atomic mass is 32.1. The van der Waals surface area contributed by atoms with E-state index in [1.165, 1.54) is 0 Å². The number of amides is 2. The molecule has 7 nitrogen and oxygen atoms in total. The Morgan fingerprint density at radius 3 is 2.48 bits per heavy atom. The van der Waals surface area contributed by atoms with Gasteiger partial charge in [-0.2, -0.15) is 0 Å². The van der Waals surface area contributed by atoms with Gasteiger partial charge >= 0.3 is 5.97 Å². The quantitative estimate of drug-likeness (QED) is 0.802. The predicted molar refractivity (Wildman–Crippen MR) is 72.7 cm³/mol. The van der Waals surface area contributed by atoms with E-state index in [9.17, 15) is 14.4 Å². The number of aryl methyl sites for hydroxylation is 1. The summed E-state index contributed by atoms with van der Waals surface area (Å²) in [6.45, 7) is 1.67. The molecule has 2 amide bonds. The maximum Gasteiger partial charge on any atom is 0.375 e. The minimum Gasteiger partial charge on any atom is -0.324 e. The van der Waals surface area contributed by atoms with E-state index in [1.807, 2.05) is 12.1 Å². The first-order valence-corrected chi connectivity index (χ1v) is 7.07. The van der Waals surface area contributed by atoms with Crippen LogP contribution >= 0.6 is 11.3 Å². The zero-order valence-electron chi connectivity index (χ0n) is 11.1. The van der Waals surface area contributed by atoms with E-state index in [0.29, 0.717) is 15.9 Å². The van der Waals surface area contributed by atoms with Crippen LogP contribution in [-0.4, -0.2) is 32.4 Å². The van der Waals surface area contributed by atoms with Crippen LogP contribution < -0.4 is 0 Å². The van der Waals surface area contributed by atoms with Gasteiger partial charge in [0.2, 0.25) is 0 Å². The van der Waals surface area contributed by atoms with Crippen molar-refractivity contribution in [2.24, 2.45) is 0 Å². The molecule has 8 heteroatoms. The van der Waals surface area contributed by atoms with Crippen LogP contribution in [0.3, 0.4) is 0 Å². The zero-order valence-corrected chi connectivity index (χ0v) is 11.9. The predicted octanol–water partition coefficient (Wildman–Crippen LogP) is 1.46. The van der Waals surface area contributed by atoms with E-state index in [0.717, 1.165) is 11.3 Å². The Labute approximate surface area is 123 Å². The van der Waals surface area contributed by atoms with Gasteiger partial charge in [-0.3, -0.25) is 9.59 Å². The Kier molecular flexibility index (Phi) is 3.30. The van der Waals surface area contributed by atoms with Crippen LogP contribution in [0, 0.1) is 6.92 Å². The largest absolute Gasteiger partial charge is 0.375 e. The summed E-state index contributed by atoms with van der Waals surface area (Å²) < 4.78 is 1.76. The average molecular weight is 305 g/mol. The van der Waals surface area contributed by atoms with Gasteiger partial charge < -0.3 is 9.40 Å². The summed E-state index contributed by atoms with van der Waals surface area (Å²) in [5.74, 6) is -1.74. The van der Waals surface area contributed by atoms with Gasteiger partial charge in [0.1, 0.15) is 4.88 Å². The highest BCUT2D eigenvalue weighted by molar-refractivity contribution is 7.16. The van der Waals surface area contributed by atoms with Crippen LogP contribution in [0.5, 0.6) is 0 Å². The maximum absolute atomic E-state index is 12.1. The van der Waals surface area contributed by atoms with Gasteiger partial charge in [0.05, 0.1) is 5.69 Å². The summed E-state index contributed by atoms with van der Waals surface area (Å²) in [4.78, 5) is 44.4. The summed E-state index contributed by atoms with van der Waals surface area (Å²) >= 11 is 1.14. The van der Waals surface area contributed by atoms with Crippen molar-refractivity contribution < 1.29 is 19.2 Å². The molecular weight excluding hydrogens is 294 g/mol. The number of hydrogen-bond donors (Lipinski definition) is 0. The van der Waals surface area contributed by atoms with E-state index in [1.54, 1.807) is 23.9 Å². The van der Waals surface area contributed by atoms with Gasteiger partial charge in [0, 0.05) is 25.2 Å². The average Bonchev–Trinajstić information content (AvgIpc) is 3.15. The lowest BCUT2D eigenvalue weighted by Crippen LogP contribution is -2.32. The van der Waals surface area contributed by atoms with Crippen molar-refractivity contribution in [3.8, 4) is 5.13 Å². The fourth-order valence-corrected chi connectivity index (χ4v) is 2.83. The first kappa shape index (κ1) is 13.5. The topological polar surface area (TPSA) is 81.5 Å². The number of hydrogen-bond acceptors (Lipinski definition) is 6. The SMILES string of the molecule is Cc1nc(-n2cccc2)sc1C(=O)ON1C(=O)CCC1=O. The van der Waals surface area contributed by atoms with Crippen molar-refractivity contribution in [3.63, 3.8) is 0 Å². The lowest BCUT2D eigenvalue weighted by Gasteiger charge is -2.11. The first-order valence-electron chi connectivity index (χ1n) is 6.25. The number of carbonyl (C=O) groups is 3. The minimum atomic E-state index is -0.744. The van der Waals surface area contributed by atoms with Crippen LogP contribution in [-0.2, 0) is 14.4 Å². The molecular formula is C13H11N3O4S. The van der Waals surface area contributed by atoms with Crippen LogP contribution in [0.4, 0.5) is 0 Å². The second-order valence-corrected chi connectivity index (χ2v) is 5.44. The zero-order chi connectivity index (χ0) is 15.0. The summed E-state index contributed by atoms with van der Waals surface area (Å²) in [7, 11) is 0. The highest BCUT2D eigenvalue weighted by Crippen LogP contribution is 2.24. The number of carbonyl (C=O) groups excluding carboxylic acids is 3. The molecule has 3 heterocycles. The fraction of sp³-hybridized carbons (Fsp3) is 0.231. The Balaban J connectivity index is 1.82. The number of thiazole rings is 1. The van der Waals surface area contributed by atoms with Gasteiger partial charge in [-0.1, -0.05) is 11.3 Å². The molecule has 0 unspecified atom stereocenters. The van der Waals surface area contributed by atoms with Gasteiger partial charge in [-0.05, 0) is 19.1 Å². The van der Waals surface area contributed by atoms with E-state index in [-0.39, 0.29) is 17.7 Å². The number of aromatic nitrogens is 2. The van der Waals surface area contributed by atoms with Crippen molar-refractivity contribution in [2.45, 2.75) is 19.8 Å². The van der Waals surface area contributed by atoms with E-state index in [2.05, 4.69) is 4.98 Å². The molecule has 1 saturated heterocycles. The molecule has 1 aliphatic rings. The molecule has 108 valence electrons. The van der Waals surface area contributed by atoms with Crippen LogP contribution in [0.2, 0.25) is 0 Å². The van der Waals surface area contributed by atoms with E-state index < -0.39 is 17.8 Å². The fourth-order valence-electron chi connectivity index (χ4n) is 1.93. The Bertz CT molecular complexity index is 704. The molecule has 2 aromatic heterocycles. The molecule has 0 spiro atoms. The normalized spacial score (nSPS) is 14.8. The Morgan fingerprint density at radius 2 is 1.86 bits per heavy atom. The molecule has 0 atom stereocenters. The van der Waals surface area contributed by atoms with Crippen LogP contribution in [0.25, 0.3) is 5.13 Å². The molecule has 0 bridgehead atoms. The third-order valence-electron chi connectivity index (χ3n) is 2.98. The van der Waals surface area contributed by atoms with Gasteiger partial charge in [0.15, 0.2) is 5.13 Å². The second kappa shape index (κ2) is 5.13. The molecule has 0 N–H and O–H groups in total. The molecule has 0 aromatic carbocycles. The highest BCUT2D eigenvalue weighted by Gasteiger charge is 2.34. The smallest absolute Gasteiger partial charge is 0.324 e. The summed E-state index contributed by atoms with van der Waals surface area (Å²) in [5.41, 5.74) is 0.493. The third-order valence-corrected chi connectivity index (χ3v) is 4.13. The first-order chi connectivity index (χ1) is 10.1. The van der Waals surface area contributed by atoms with Gasteiger partial charge in [-0.15, -0.1) is 5.06 Å². The monoisotopic (exact) mass is 305 g/mol. The van der Waals surface area contributed by atoms with Gasteiger partial charge in [-0.25, -0.2) is 9.78 Å². The van der Waals surface area contributed by atoms with Crippen molar-refractivity contribution >= 4 is 29.1 Å². The van der Waals surface area contributed by atoms with Crippen molar-refractivity contribution in [1.29, 1.82) is 0 Å². The minimum absolute atomic E-state index is 0.0718. The molecule has 2 aromatic rings. The second-order valence-electron chi connectivity index (χ2n) is 4.46. The maximum atomic E-state index is 12.1. The lowest BCUT2D eigenvalue weighted by molar-refractivity contribution is -0.172.